The van der Waals surface area contributed by atoms with Gasteiger partial charge in [-0.2, -0.15) is 8.42 Å². The lowest BCUT2D eigenvalue weighted by atomic mass is 10.2. The number of hydrogen-bond donors (Lipinski definition) is 0. The van der Waals surface area contributed by atoms with Crippen molar-refractivity contribution in [2.75, 3.05) is 6.61 Å². The average Bonchev–Trinajstić information content (AvgIpc) is 2.91. The minimum atomic E-state index is -3.99. The first kappa shape index (κ1) is 19.2. The van der Waals surface area contributed by atoms with E-state index in [1.54, 1.807) is 19.1 Å². The predicted molar refractivity (Wildman–Crippen MR) is 100 cm³/mol. The highest BCUT2D eigenvalue weighted by Crippen LogP contribution is 2.20. The Morgan fingerprint density at radius 3 is 2.59 bits per heavy atom. The summed E-state index contributed by atoms with van der Waals surface area (Å²) in [6, 6.07) is 10.3. The lowest BCUT2D eigenvalue weighted by molar-refractivity contribution is -0.143. The molecule has 0 aliphatic carbocycles. The highest BCUT2D eigenvalue weighted by molar-refractivity contribution is 7.90. The van der Waals surface area contributed by atoms with Crippen molar-refractivity contribution < 1.29 is 22.3 Å². The second-order valence-electron chi connectivity index (χ2n) is 5.77. The molecule has 0 amide bonds. The summed E-state index contributed by atoms with van der Waals surface area (Å²) in [5.74, 6) is -0.990. The molecule has 0 atom stereocenters. The van der Waals surface area contributed by atoms with Crippen LogP contribution in [0.25, 0.3) is 10.2 Å². The van der Waals surface area contributed by atoms with E-state index in [-0.39, 0.29) is 22.8 Å². The Balaban J connectivity index is 2.18. The molecule has 9 heteroatoms. The van der Waals surface area contributed by atoms with Gasteiger partial charge in [-0.05, 0) is 44.2 Å². The summed E-state index contributed by atoms with van der Waals surface area (Å²) in [5, 5.41) is 0. The lowest BCUT2D eigenvalue weighted by Crippen LogP contribution is -2.23. The first-order chi connectivity index (χ1) is 12.8. The van der Waals surface area contributed by atoms with Gasteiger partial charge >= 0.3 is 5.97 Å². The molecule has 0 N–H and O–H groups in total. The number of hydrogen-bond acceptors (Lipinski definition) is 5. The Morgan fingerprint density at radius 1 is 1.22 bits per heavy atom. The number of rotatable bonds is 5. The topological polar surface area (TPSA) is 77.7 Å². The van der Waals surface area contributed by atoms with Gasteiger partial charge in [0.25, 0.3) is 10.0 Å². The number of aromatic nitrogens is 1. The van der Waals surface area contributed by atoms with E-state index >= 15 is 0 Å². The summed E-state index contributed by atoms with van der Waals surface area (Å²) in [7, 11) is -3.99. The van der Waals surface area contributed by atoms with E-state index in [9.17, 15) is 17.6 Å². The molecule has 0 spiro atoms. The SMILES string of the molecule is CCOC(=O)Cn1c(=NS(=O)(=O)c2ccc(C)cc2)sc2cc(F)ccc21. The summed E-state index contributed by atoms with van der Waals surface area (Å²) in [6.45, 7) is 3.50. The van der Waals surface area contributed by atoms with Gasteiger partial charge in [0.05, 0.1) is 21.7 Å². The average molecular weight is 408 g/mol. The van der Waals surface area contributed by atoms with Crippen molar-refractivity contribution in [1.82, 2.24) is 4.57 Å². The van der Waals surface area contributed by atoms with E-state index in [0.29, 0.717) is 10.2 Å². The van der Waals surface area contributed by atoms with Gasteiger partial charge in [-0.3, -0.25) is 4.79 Å². The zero-order valence-electron chi connectivity index (χ0n) is 14.7. The molecular weight excluding hydrogens is 391 g/mol. The maximum Gasteiger partial charge on any atom is 0.326 e. The third kappa shape index (κ3) is 4.25. The number of carbonyl (C=O) groups excluding carboxylic acids is 1. The van der Waals surface area contributed by atoms with Gasteiger partial charge in [-0.1, -0.05) is 29.0 Å². The van der Waals surface area contributed by atoms with Crippen LogP contribution in [0.3, 0.4) is 0 Å². The Morgan fingerprint density at radius 2 is 1.93 bits per heavy atom. The van der Waals surface area contributed by atoms with Crippen LogP contribution in [0.1, 0.15) is 12.5 Å². The fourth-order valence-electron chi connectivity index (χ4n) is 2.47. The largest absolute Gasteiger partial charge is 0.465 e. The van der Waals surface area contributed by atoms with Crippen LogP contribution in [0.4, 0.5) is 4.39 Å². The predicted octanol–water partition coefficient (Wildman–Crippen LogP) is 3.00. The quantitative estimate of drug-likeness (QED) is 0.608. The van der Waals surface area contributed by atoms with Gasteiger partial charge in [0, 0.05) is 0 Å². The van der Waals surface area contributed by atoms with Crippen molar-refractivity contribution in [3.63, 3.8) is 0 Å². The molecule has 0 unspecified atom stereocenters. The van der Waals surface area contributed by atoms with E-state index in [4.69, 9.17) is 4.74 Å². The molecule has 0 saturated carbocycles. The minimum absolute atomic E-state index is 0.0411. The molecule has 3 rings (SSSR count). The molecule has 2 aromatic carbocycles. The van der Waals surface area contributed by atoms with Crippen LogP contribution in [-0.4, -0.2) is 25.6 Å². The van der Waals surface area contributed by atoms with Crippen molar-refractivity contribution in [2.24, 2.45) is 4.40 Å². The van der Waals surface area contributed by atoms with Crippen LogP contribution in [0.15, 0.2) is 51.8 Å². The number of sulfonamides is 1. The Kier molecular flexibility index (Phi) is 5.43. The normalized spacial score (nSPS) is 12.5. The molecule has 0 aliphatic heterocycles. The van der Waals surface area contributed by atoms with Gasteiger partial charge in [0.2, 0.25) is 4.80 Å². The van der Waals surface area contributed by atoms with E-state index in [0.717, 1.165) is 16.9 Å². The van der Waals surface area contributed by atoms with Crippen molar-refractivity contribution >= 4 is 37.5 Å². The van der Waals surface area contributed by atoms with E-state index < -0.39 is 21.8 Å². The third-order valence-electron chi connectivity index (χ3n) is 3.75. The zero-order valence-corrected chi connectivity index (χ0v) is 16.3. The summed E-state index contributed by atoms with van der Waals surface area (Å²) < 4.78 is 49.6. The van der Waals surface area contributed by atoms with Gasteiger partial charge in [0.15, 0.2) is 0 Å². The fraction of sp³-hybridized carbons (Fsp3) is 0.222. The number of aryl methyl sites for hydroxylation is 1. The summed E-state index contributed by atoms with van der Waals surface area (Å²) >= 11 is 0.992. The lowest BCUT2D eigenvalue weighted by Gasteiger charge is -2.05. The Bertz CT molecular complexity index is 1160. The number of esters is 1. The summed E-state index contributed by atoms with van der Waals surface area (Å²) in [6.07, 6.45) is 0. The van der Waals surface area contributed by atoms with E-state index in [2.05, 4.69) is 4.40 Å². The van der Waals surface area contributed by atoms with E-state index in [1.165, 1.54) is 34.9 Å². The summed E-state index contributed by atoms with van der Waals surface area (Å²) in [5.41, 5.74) is 1.43. The number of benzene rings is 2. The first-order valence-electron chi connectivity index (χ1n) is 8.12. The maximum absolute atomic E-state index is 13.6. The standard InChI is InChI=1S/C18H17FN2O4S2/c1-3-25-17(22)11-21-15-9-6-13(19)10-16(15)26-18(21)20-27(23,24)14-7-4-12(2)5-8-14/h4-10H,3,11H2,1-2H3. The Hall–Kier alpha value is -2.52. The van der Waals surface area contributed by atoms with Crippen LogP contribution in [0.5, 0.6) is 0 Å². The molecule has 6 nitrogen and oxygen atoms in total. The zero-order chi connectivity index (χ0) is 19.6. The molecule has 27 heavy (non-hydrogen) atoms. The van der Waals surface area contributed by atoms with E-state index in [1.807, 2.05) is 6.92 Å². The number of halogens is 1. The highest BCUT2D eigenvalue weighted by atomic mass is 32.2. The van der Waals surface area contributed by atoms with Crippen LogP contribution in [-0.2, 0) is 26.1 Å². The van der Waals surface area contributed by atoms with Gasteiger partial charge in [-0.15, -0.1) is 4.40 Å². The van der Waals surface area contributed by atoms with Crippen molar-refractivity contribution in [1.29, 1.82) is 0 Å². The molecule has 0 saturated heterocycles. The third-order valence-corrected chi connectivity index (χ3v) is 6.19. The highest BCUT2D eigenvalue weighted by Gasteiger charge is 2.16. The summed E-state index contributed by atoms with van der Waals surface area (Å²) in [4.78, 5) is 12.1. The minimum Gasteiger partial charge on any atom is -0.465 e. The van der Waals surface area contributed by atoms with Gasteiger partial charge < -0.3 is 9.30 Å². The molecule has 3 aromatic rings. The van der Waals surface area contributed by atoms with Crippen molar-refractivity contribution in [2.45, 2.75) is 25.3 Å². The van der Waals surface area contributed by atoms with Crippen molar-refractivity contribution in [3.8, 4) is 0 Å². The van der Waals surface area contributed by atoms with Crippen LogP contribution in [0, 0.1) is 12.7 Å². The molecule has 0 fully saturated rings. The van der Waals surface area contributed by atoms with Crippen LogP contribution >= 0.6 is 11.3 Å². The van der Waals surface area contributed by atoms with Crippen molar-refractivity contribution in [3.05, 3.63) is 58.6 Å². The Labute approximate surface area is 159 Å². The first-order valence-corrected chi connectivity index (χ1v) is 10.4. The molecular formula is C18H17FN2O4S2. The number of nitrogens with zero attached hydrogens (tertiary/aromatic N) is 2. The molecule has 0 bridgehead atoms. The molecule has 1 aromatic heterocycles. The molecule has 1 heterocycles. The van der Waals surface area contributed by atoms with Crippen LogP contribution in [0.2, 0.25) is 0 Å². The number of fused-ring (bicyclic) bond motifs is 1. The smallest absolute Gasteiger partial charge is 0.326 e. The number of carbonyl (C=O) groups is 1. The monoisotopic (exact) mass is 408 g/mol. The molecule has 0 radical (unpaired) electrons. The fourth-order valence-corrected chi connectivity index (χ4v) is 4.73. The molecule has 142 valence electrons. The number of ether oxygens (including phenoxy) is 1. The molecule has 0 aliphatic rings. The van der Waals surface area contributed by atoms with Crippen LogP contribution < -0.4 is 4.80 Å². The second-order valence-corrected chi connectivity index (χ2v) is 8.38. The van der Waals surface area contributed by atoms with Gasteiger partial charge in [0.1, 0.15) is 12.4 Å². The second kappa shape index (κ2) is 7.61. The number of thiazole rings is 1. The van der Waals surface area contributed by atoms with Gasteiger partial charge in [-0.25, -0.2) is 4.39 Å². The maximum atomic E-state index is 13.6.